The van der Waals surface area contributed by atoms with Crippen LogP contribution in [0, 0.1) is 0 Å². The second kappa shape index (κ2) is 3.96. The fourth-order valence-corrected chi connectivity index (χ4v) is 2.62. The summed E-state index contributed by atoms with van der Waals surface area (Å²) < 4.78 is 22.1. The van der Waals surface area contributed by atoms with Crippen LogP contribution in [0.3, 0.4) is 0 Å². The van der Waals surface area contributed by atoms with E-state index in [0.29, 0.717) is 10.9 Å². The zero-order chi connectivity index (χ0) is 11.8. The van der Waals surface area contributed by atoms with E-state index >= 15 is 0 Å². The van der Waals surface area contributed by atoms with E-state index in [0.717, 1.165) is 5.39 Å². The van der Waals surface area contributed by atoms with Gasteiger partial charge < -0.3 is 5.11 Å². The lowest BCUT2D eigenvalue weighted by Crippen LogP contribution is -1.96. The Bertz CT molecular complexity index is 635. The molecule has 2 aromatic rings. The number of phenols is 1. The summed E-state index contributed by atoms with van der Waals surface area (Å²) in [4.78, 5) is 0. The molecule has 16 heavy (non-hydrogen) atoms. The van der Waals surface area contributed by atoms with Crippen LogP contribution < -0.4 is 0 Å². The topological polar surface area (TPSA) is 54.4 Å². The zero-order valence-electron chi connectivity index (χ0n) is 8.22. The Morgan fingerprint density at radius 2 is 1.81 bits per heavy atom. The zero-order valence-corrected chi connectivity index (χ0v) is 9.79. The number of halogens is 1. The molecule has 2 rings (SSSR count). The number of hydrogen-bond donors (Lipinski definition) is 1. The summed E-state index contributed by atoms with van der Waals surface area (Å²) in [6.45, 7) is 0. The number of phenolic OH excluding ortho intramolecular Hbond substituents is 1. The average Bonchev–Trinajstić information content (AvgIpc) is 2.21. The quantitative estimate of drug-likeness (QED) is 0.841. The Hall–Kier alpha value is -1.26. The summed E-state index contributed by atoms with van der Waals surface area (Å²) in [7, 11) is 1.52. The van der Waals surface area contributed by atoms with Crippen molar-refractivity contribution < 1.29 is 13.5 Å². The molecular weight excluding hydrogens is 248 g/mol. The number of hydrogen-bond acceptors (Lipinski definition) is 3. The molecule has 0 spiro atoms. The minimum atomic E-state index is -3.68. The molecule has 0 aliphatic rings. The molecule has 0 amide bonds. The van der Waals surface area contributed by atoms with Gasteiger partial charge >= 0.3 is 0 Å². The summed E-state index contributed by atoms with van der Waals surface area (Å²) >= 11 is 0. The Kier molecular flexibility index (Phi) is 2.78. The third kappa shape index (κ3) is 2.28. The van der Waals surface area contributed by atoms with Crippen molar-refractivity contribution in [2.24, 2.45) is 0 Å². The van der Waals surface area contributed by atoms with Crippen LogP contribution in [-0.2, 0) is 14.8 Å². The molecule has 0 radical (unpaired) electrons. The SMILES string of the molecule is O=S(=O)(Cl)Cc1c(O)ccc2ccccc12. The molecule has 0 aliphatic carbocycles. The molecule has 0 saturated carbocycles. The first-order valence-electron chi connectivity index (χ1n) is 4.59. The number of rotatable bonds is 2. The van der Waals surface area contributed by atoms with E-state index in [1.165, 1.54) is 6.07 Å². The first-order chi connectivity index (χ1) is 7.47. The normalized spacial score (nSPS) is 11.8. The first kappa shape index (κ1) is 11.2. The molecule has 0 aliphatic heterocycles. The summed E-state index contributed by atoms with van der Waals surface area (Å²) in [5.74, 6) is -0.426. The van der Waals surface area contributed by atoms with Crippen molar-refractivity contribution in [1.29, 1.82) is 0 Å². The molecule has 0 saturated heterocycles. The van der Waals surface area contributed by atoms with Crippen LogP contribution >= 0.6 is 10.7 Å². The molecule has 3 nitrogen and oxygen atoms in total. The van der Waals surface area contributed by atoms with Crippen molar-refractivity contribution in [3.05, 3.63) is 42.0 Å². The number of benzene rings is 2. The first-order valence-corrected chi connectivity index (χ1v) is 7.07. The van der Waals surface area contributed by atoms with Crippen molar-refractivity contribution in [2.45, 2.75) is 5.75 Å². The van der Waals surface area contributed by atoms with E-state index in [9.17, 15) is 13.5 Å². The van der Waals surface area contributed by atoms with Crippen LogP contribution in [0.15, 0.2) is 36.4 Å². The number of aromatic hydroxyl groups is 1. The molecule has 0 aromatic heterocycles. The van der Waals surface area contributed by atoms with Crippen molar-refractivity contribution in [3.8, 4) is 5.75 Å². The molecule has 5 heteroatoms. The van der Waals surface area contributed by atoms with Gasteiger partial charge in [-0.05, 0) is 16.8 Å². The van der Waals surface area contributed by atoms with Gasteiger partial charge in [0.15, 0.2) is 0 Å². The molecule has 84 valence electrons. The van der Waals surface area contributed by atoms with Gasteiger partial charge in [0.25, 0.3) is 0 Å². The van der Waals surface area contributed by atoms with Gasteiger partial charge in [-0.25, -0.2) is 8.42 Å². The van der Waals surface area contributed by atoms with E-state index in [1.807, 2.05) is 12.1 Å². The maximum atomic E-state index is 11.1. The molecule has 2 aromatic carbocycles. The average molecular weight is 257 g/mol. The van der Waals surface area contributed by atoms with Crippen LogP contribution in [0.2, 0.25) is 0 Å². The van der Waals surface area contributed by atoms with E-state index in [-0.39, 0.29) is 11.5 Å². The highest BCUT2D eigenvalue weighted by Crippen LogP contribution is 2.29. The lowest BCUT2D eigenvalue weighted by Gasteiger charge is -2.07. The van der Waals surface area contributed by atoms with E-state index in [1.54, 1.807) is 18.2 Å². The minimum Gasteiger partial charge on any atom is -0.508 e. The van der Waals surface area contributed by atoms with Crippen LogP contribution in [0.1, 0.15) is 5.56 Å². The van der Waals surface area contributed by atoms with Gasteiger partial charge in [0.2, 0.25) is 9.05 Å². The largest absolute Gasteiger partial charge is 0.508 e. The fourth-order valence-electron chi connectivity index (χ4n) is 1.65. The van der Waals surface area contributed by atoms with Crippen molar-refractivity contribution in [2.75, 3.05) is 0 Å². The van der Waals surface area contributed by atoms with Crippen molar-refractivity contribution in [1.82, 2.24) is 0 Å². The van der Waals surface area contributed by atoms with Crippen LogP contribution in [0.4, 0.5) is 0 Å². The fraction of sp³-hybridized carbons (Fsp3) is 0.0909. The van der Waals surface area contributed by atoms with E-state index in [4.69, 9.17) is 10.7 Å². The van der Waals surface area contributed by atoms with Crippen molar-refractivity contribution in [3.63, 3.8) is 0 Å². The van der Waals surface area contributed by atoms with E-state index in [2.05, 4.69) is 0 Å². The molecule has 0 unspecified atom stereocenters. The summed E-state index contributed by atoms with van der Waals surface area (Å²) in [5.41, 5.74) is 0.341. The predicted octanol–water partition coefficient (Wildman–Crippen LogP) is 2.61. The van der Waals surface area contributed by atoms with Gasteiger partial charge in [-0.15, -0.1) is 0 Å². The molecular formula is C11H9ClO3S. The lowest BCUT2D eigenvalue weighted by molar-refractivity contribution is 0.471. The Morgan fingerprint density at radius 1 is 1.12 bits per heavy atom. The highest BCUT2D eigenvalue weighted by Gasteiger charge is 2.14. The van der Waals surface area contributed by atoms with E-state index < -0.39 is 9.05 Å². The summed E-state index contributed by atoms with van der Waals surface area (Å²) in [6.07, 6.45) is 0. The minimum absolute atomic E-state index is 0.0528. The Balaban J connectivity index is 2.71. The second-order valence-electron chi connectivity index (χ2n) is 3.47. The Labute approximate surface area is 97.7 Å². The maximum Gasteiger partial charge on any atom is 0.236 e. The van der Waals surface area contributed by atoms with Crippen molar-refractivity contribution >= 4 is 30.5 Å². The van der Waals surface area contributed by atoms with Gasteiger partial charge in [-0.1, -0.05) is 30.3 Å². The molecule has 0 heterocycles. The standard InChI is InChI=1S/C11H9ClO3S/c12-16(14,15)7-10-9-4-2-1-3-8(9)5-6-11(10)13/h1-6,13H,7H2. The van der Waals surface area contributed by atoms with Crippen LogP contribution in [0.5, 0.6) is 5.75 Å². The smallest absolute Gasteiger partial charge is 0.236 e. The highest BCUT2D eigenvalue weighted by molar-refractivity contribution is 8.13. The predicted molar refractivity (Wildman–Crippen MR) is 64.1 cm³/mol. The monoisotopic (exact) mass is 256 g/mol. The van der Waals surface area contributed by atoms with Gasteiger partial charge in [0, 0.05) is 16.2 Å². The lowest BCUT2D eigenvalue weighted by atomic mass is 10.0. The van der Waals surface area contributed by atoms with Crippen LogP contribution in [0.25, 0.3) is 10.8 Å². The Morgan fingerprint density at radius 3 is 2.50 bits per heavy atom. The van der Waals surface area contributed by atoms with Crippen LogP contribution in [-0.4, -0.2) is 13.5 Å². The highest BCUT2D eigenvalue weighted by atomic mass is 35.7. The molecule has 0 bridgehead atoms. The van der Waals surface area contributed by atoms with Gasteiger partial charge in [0.05, 0.1) is 5.75 Å². The molecule has 0 fully saturated rings. The number of fused-ring (bicyclic) bond motifs is 1. The summed E-state index contributed by atoms with van der Waals surface area (Å²) in [6, 6.07) is 10.4. The summed E-state index contributed by atoms with van der Waals surface area (Å²) in [5, 5.41) is 11.2. The van der Waals surface area contributed by atoms with Gasteiger partial charge in [-0.2, -0.15) is 0 Å². The molecule has 1 N–H and O–H groups in total. The maximum absolute atomic E-state index is 11.1. The third-order valence-electron chi connectivity index (χ3n) is 2.33. The second-order valence-corrected chi connectivity index (χ2v) is 6.24. The van der Waals surface area contributed by atoms with Gasteiger partial charge in [0.1, 0.15) is 5.75 Å². The third-order valence-corrected chi connectivity index (χ3v) is 3.29. The molecule has 0 atom stereocenters. The van der Waals surface area contributed by atoms with Gasteiger partial charge in [-0.3, -0.25) is 0 Å².